The Bertz CT molecular complexity index is 760. The number of aromatic amines is 1. The van der Waals surface area contributed by atoms with Gasteiger partial charge in [-0.1, -0.05) is 25.3 Å². The van der Waals surface area contributed by atoms with Crippen molar-refractivity contribution in [3.05, 3.63) is 35.0 Å². The number of amides is 1. The van der Waals surface area contributed by atoms with E-state index in [4.69, 9.17) is 0 Å². The second-order valence-electron chi connectivity index (χ2n) is 6.36. The monoisotopic (exact) mass is 295 g/mol. The van der Waals surface area contributed by atoms with Crippen molar-refractivity contribution in [1.29, 1.82) is 5.26 Å². The lowest BCUT2D eigenvalue weighted by Gasteiger charge is -2.31. The van der Waals surface area contributed by atoms with Crippen LogP contribution >= 0.6 is 0 Å². The Morgan fingerprint density at radius 1 is 1.27 bits per heavy atom. The topological polar surface area (TPSA) is 68.7 Å². The molecule has 4 nitrogen and oxygen atoms in total. The van der Waals surface area contributed by atoms with Crippen LogP contribution in [0, 0.1) is 25.2 Å². The highest BCUT2D eigenvalue weighted by Crippen LogP contribution is 2.28. The molecule has 0 aliphatic heterocycles. The van der Waals surface area contributed by atoms with Gasteiger partial charge in [0.15, 0.2) is 0 Å². The van der Waals surface area contributed by atoms with Gasteiger partial charge in [-0.15, -0.1) is 0 Å². The van der Waals surface area contributed by atoms with Crippen LogP contribution in [0.15, 0.2) is 18.2 Å². The lowest BCUT2D eigenvalue weighted by Crippen LogP contribution is -2.48. The first-order chi connectivity index (χ1) is 10.5. The second-order valence-corrected chi connectivity index (χ2v) is 6.36. The molecule has 0 radical (unpaired) electrons. The first-order valence-corrected chi connectivity index (χ1v) is 7.87. The largest absolute Gasteiger partial charge is 0.351 e. The summed E-state index contributed by atoms with van der Waals surface area (Å²) < 4.78 is 0. The molecule has 2 aromatic rings. The van der Waals surface area contributed by atoms with Crippen LogP contribution in [-0.2, 0) is 0 Å². The molecule has 0 atom stereocenters. The first kappa shape index (κ1) is 14.6. The van der Waals surface area contributed by atoms with E-state index in [0.29, 0.717) is 5.69 Å². The fourth-order valence-corrected chi connectivity index (χ4v) is 3.29. The van der Waals surface area contributed by atoms with Crippen molar-refractivity contribution < 1.29 is 4.79 Å². The summed E-state index contributed by atoms with van der Waals surface area (Å²) >= 11 is 0. The maximum absolute atomic E-state index is 12.5. The van der Waals surface area contributed by atoms with Crippen molar-refractivity contribution in [1.82, 2.24) is 10.3 Å². The highest BCUT2D eigenvalue weighted by molar-refractivity contribution is 5.99. The van der Waals surface area contributed by atoms with Crippen LogP contribution in [0.4, 0.5) is 0 Å². The molecule has 2 N–H and O–H groups in total. The van der Waals surface area contributed by atoms with Gasteiger partial charge in [-0.05, 0) is 49.9 Å². The minimum Gasteiger partial charge on any atom is -0.351 e. The smallest absolute Gasteiger partial charge is 0.268 e. The summed E-state index contributed by atoms with van der Waals surface area (Å²) in [4.78, 5) is 15.7. The zero-order valence-electron chi connectivity index (χ0n) is 13.1. The number of carbonyl (C=O) groups excluding carboxylic acids is 1. The molecule has 1 aromatic heterocycles. The van der Waals surface area contributed by atoms with E-state index in [1.807, 2.05) is 18.2 Å². The second kappa shape index (κ2) is 5.49. The van der Waals surface area contributed by atoms with Crippen LogP contribution in [0.5, 0.6) is 0 Å². The fourth-order valence-electron chi connectivity index (χ4n) is 3.29. The van der Waals surface area contributed by atoms with Crippen LogP contribution in [0.1, 0.15) is 53.7 Å². The third kappa shape index (κ3) is 2.48. The summed E-state index contributed by atoms with van der Waals surface area (Å²) in [6, 6.07) is 8.26. The number of rotatable bonds is 2. The highest BCUT2D eigenvalue weighted by Gasteiger charge is 2.34. The molecule has 1 fully saturated rings. The number of aromatic nitrogens is 1. The van der Waals surface area contributed by atoms with Gasteiger partial charge in [-0.3, -0.25) is 4.79 Å². The molecular weight excluding hydrogens is 274 g/mol. The molecule has 0 saturated heterocycles. The van der Waals surface area contributed by atoms with Crippen LogP contribution in [0.2, 0.25) is 0 Å². The first-order valence-electron chi connectivity index (χ1n) is 7.87. The minimum absolute atomic E-state index is 0.184. The Hall–Kier alpha value is -2.28. The predicted molar refractivity (Wildman–Crippen MR) is 86.7 cm³/mol. The molecule has 1 aliphatic carbocycles. The lowest BCUT2D eigenvalue weighted by atomic mass is 9.83. The fraction of sp³-hybridized carbons (Fsp3) is 0.444. The van der Waals surface area contributed by atoms with Gasteiger partial charge in [-0.2, -0.15) is 5.26 Å². The molecule has 22 heavy (non-hydrogen) atoms. The van der Waals surface area contributed by atoms with E-state index in [9.17, 15) is 10.1 Å². The van der Waals surface area contributed by atoms with E-state index >= 15 is 0 Å². The Kier molecular flexibility index (Phi) is 3.66. The van der Waals surface area contributed by atoms with Crippen LogP contribution in [0.25, 0.3) is 10.9 Å². The normalized spacial score (nSPS) is 17.1. The number of hydrogen-bond donors (Lipinski definition) is 2. The molecule has 3 rings (SSSR count). The number of carbonyl (C=O) groups is 1. The highest BCUT2D eigenvalue weighted by atomic mass is 16.2. The Morgan fingerprint density at radius 3 is 2.68 bits per heavy atom. The molecule has 1 aromatic carbocycles. The van der Waals surface area contributed by atoms with Gasteiger partial charge in [-0.25, -0.2) is 0 Å². The third-order valence-electron chi connectivity index (χ3n) is 4.86. The van der Waals surface area contributed by atoms with E-state index in [1.54, 1.807) is 0 Å². The molecule has 1 amide bonds. The maximum atomic E-state index is 12.5. The number of H-pyrrole nitrogens is 1. The van der Waals surface area contributed by atoms with Crippen molar-refractivity contribution in [3.63, 3.8) is 0 Å². The zero-order chi connectivity index (χ0) is 15.7. The predicted octanol–water partition coefficient (Wildman–Crippen LogP) is 3.74. The van der Waals surface area contributed by atoms with Gasteiger partial charge in [0, 0.05) is 10.9 Å². The number of nitrogens with one attached hydrogen (secondary N) is 2. The van der Waals surface area contributed by atoms with Crippen LogP contribution in [0.3, 0.4) is 0 Å². The van der Waals surface area contributed by atoms with Crippen molar-refractivity contribution >= 4 is 16.8 Å². The summed E-state index contributed by atoms with van der Waals surface area (Å²) in [5.74, 6) is -0.184. The summed E-state index contributed by atoms with van der Waals surface area (Å²) in [6.45, 7) is 4.12. The molecule has 1 saturated carbocycles. The summed E-state index contributed by atoms with van der Waals surface area (Å²) in [5, 5.41) is 13.5. The summed E-state index contributed by atoms with van der Waals surface area (Å²) in [5.41, 5.74) is 3.18. The van der Waals surface area contributed by atoms with E-state index in [1.165, 1.54) is 11.1 Å². The number of fused-ring (bicyclic) bond motifs is 1. The quantitative estimate of drug-likeness (QED) is 0.886. The van der Waals surface area contributed by atoms with E-state index in [-0.39, 0.29) is 5.91 Å². The van der Waals surface area contributed by atoms with E-state index < -0.39 is 5.54 Å². The average Bonchev–Trinajstić information content (AvgIpc) is 2.97. The molecule has 0 unspecified atom stereocenters. The van der Waals surface area contributed by atoms with Gasteiger partial charge < -0.3 is 10.3 Å². The van der Waals surface area contributed by atoms with E-state index in [2.05, 4.69) is 30.2 Å². The van der Waals surface area contributed by atoms with Crippen LogP contribution < -0.4 is 5.32 Å². The van der Waals surface area contributed by atoms with Crippen molar-refractivity contribution in [2.45, 2.75) is 51.5 Å². The standard InChI is InChI=1S/C18H21N3O/c1-12-6-7-15-14(13(12)2)10-16(20-15)17(22)21-18(11-19)8-4-3-5-9-18/h6-7,10,20H,3-5,8-9H2,1-2H3,(H,21,22). The third-order valence-corrected chi connectivity index (χ3v) is 4.86. The molecule has 114 valence electrons. The molecule has 0 bridgehead atoms. The summed E-state index contributed by atoms with van der Waals surface area (Å²) in [7, 11) is 0. The number of nitriles is 1. The summed E-state index contributed by atoms with van der Waals surface area (Å²) in [6.07, 6.45) is 4.63. The molecular formula is C18H21N3O. The maximum Gasteiger partial charge on any atom is 0.268 e. The SMILES string of the molecule is Cc1ccc2[nH]c(C(=O)NC3(C#N)CCCCC3)cc2c1C. The van der Waals surface area contributed by atoms with Gasteiger partial charge >= 0.3 is 0 Å². The van der Waals surface area contributed by atoms with Crippen molar-refractivity contribution in [2.24, 2.45) is 0 Å². The number of nitrogens with zero attached hydrogens (tertiary/aromatic N) is 1. The molecule has 0 spiro atoms. The van der Waals surface area contributed by atoms with Crippen molar-refractivity contribution in [3.8, 4) is 6.07 Å². The van der Waals surface area contributed by atoms with Gasteiger partial charge in [0.1, 0.15) is 11.2 Å². The molecule has 1 aliphatic rings. The minimum atomic E-state index is -0.697. The molecule has 1 heterocycles. The van der Waals surface area contributed by atoms with Gasteiger partial charge in [0.2, 0.25) is 0 Å². The number of benzene rings is 1. The molecule has 4 heteroatoms. The lowest BCUT2D eigenvalue weighted by molar-refractivity contribution is 0.0898. The van der Waals surface area contributed by atoms with E-state index in [0.717, 1.165) is 43.0 Å². The zero-order valence-corrected chi connectivity index (χ0v) is 13.1. The van der Waals surface area contributed by atoms with Crippen LogP contribution in [-0.4, -0.2) is 16.4 Å². The van der Waals surface area contributed by atoms with Gasteiger partial charge in [0.25, 0.3) is 5.91 Å². The Morgan fingerprint density at radius 2 is 2.00 bits per heavy atom. The average molecular weight is 295 g/mol. The van der Waals surface area contributed by atoms with Gasteiger partial charge in [0.05, 0.1) is 6.07 Å². The number of aryl methyl sites for hydroxylation is 2. The number of hydrogen-bond acceptors (Lipinski definition) is 2. The Labute approximate surface area is 130 Å². The Balaban J connectivity index is 1.89. The van der Waals surface area contributed by atoms with Crippen molar-refractivity contribution in [2.75, 3.05) is 0 Å².